The van der Waals surface area contributed by atoms with Gasteiger partial charge >= 0.3 is 0 Å². The maximum absolute atomic E-state index is 10.4. The topological polar surface area (TPSA) is 70.1 Å². The molecule has 0 saturated heterocycles. The normalized spacial score (nSPS) is 17.7. The van der Waals surface area contributed by atoms with Gasteiger partial charge in [-0.25, -0.2) is 9.97 Å². The summed E-state index contributed by atoms with van der Waals surface area (Å²) in [5.41, 5.74) is 0.271. The first kappa shape index (κ1) is 16.0. The Morgan fingerprint density at radius 1 is 1.29 bits per heavy atom. The van der Waals surface area contributed by atoms with Crippen LogP contribution in [0.1, 0.15) is 57.3 Å². The monoisotopic (exact) mass is 292 g/mol. The van der Waals surface area contributed by atoms with Crippen molar-refractivity contribution in [1.82, 2.24) is 9.97 Å². The highest BCUT2D eigenvalue weighted by Crippen LogP contribution is 2.39. The number of nitrogens with one attached hydrogen (secondary N) is 2. The van der Waals surface area contributed by atoms with Crippen molar-refractivity contribution in [2.45, 2.75) is 58.5 Å². The number of nitrogens with zero attached hydrogens (tertiary/aromatic N) is 2. The maximum atomic E-state index is 10.4. The van der Waals surface area contributed by atoms with E-state index < -0.39 is 5.60 Å². The van der Waals surface area contributed by atoms with Gasteiger partial charge in [-0.05, 0) is 39.0 Å². The summed E-state index contributed by atoms with van der Waals surface area (Å²) in [5.74, 6) is 3.59. The maximum Gasteiger partial charge on any atom is 0.136 e. The molecular weight excluding hydrogens is 264 g/mol. The molecule has 5 heteroatoms. The summed E-state index contributed by atoms with van der Waals surface area (Å²) >= 11 is 0. The highest BCUT2D eigenvalue weighted by atomic mass is 16.3. The van der Waals surface area contributed by atoms with Gasteiger partial charge in [-0.3, -0.25) is 0 Å². The Hall–Kier alpha value is -1.36. The van der Waals surface area contributed by atoms with Gasteiger partial charge in [0.1, 0.15) is 17.5 Å². The fourth-order valence-electron chi connectivity index (χ4n) is 2.70. The molecule has 1 aromatic heterocycles. The van der Waals surface area contributed by atoms with E-state index in [2.05, 4.69) is 34.4 Å². The zero-order valence-electron chi connectivity index (χ0n) is 13.8. The average Bonchev–Trinajstić information content (AvgIpc) is 3.20. The summed E-state index contributed by atoms with van der Waals surface area (Å²) < 4.78 is 0. The highest BCUT2D eigenvalue weighted by Gasteiger charge is 2.28. The molecule has 0 bridgehead atoms. The first-order valence-corrected chi connectivity index (χ1v) is 7.85. The van der Waals surface area contributed by atoms with Gasteiger partial charge in [0.15, 0.2) is 0 Å². The fourth-order valence-corrected chi connectivity index (χ4v) is 2.70. The van der Waals surface area contributed by atoms with Crippen molar-refractivity contribution >= 4 is 11.6 Å². The third-order valence-corrected chi connectivity index (χ3v) is 3.83. The van der Waals surface area contributed by atoms with E-state index in [0.717, 1.165) is 29.4 Å². The third-order valence-electron chi connectivity index (χ3n) is 3.83. The summed E-state index contributed by atoms with van der Waals surface area (Å²) in [5, 5.41) is 16.9. The molecule has 2 rings (SSSR count). The standard InChI is InChI=1S/C16H28N4O/c1-10(2)8-16(4,21)9-18-14-11(3)13(17-5)19-15(20-14)12-6-7-12/h10,12,21H,6-9H2,1-5H3,(H2,17,18,19,20). The zero-order chi connectivity index (χ0) is 15.6. The molecule has 0 amide bonds. The summed E-state index contributed by atoms with van der Waals surface area (Å²) in [4.78, 5) is 9.23. The van der Waals surface area contributed by atoms with Crippen molar-refractivity contribution in [1.29, 1.82) is 0 Å². The second-order valence-corrected chi connectivity index (χ2v) is 6.88. The number of aliphatic hydroxyl groups is 1. The lowest BCUT2D eigenvalue weighted by molar-refractivity contribution is 0.0514. The van der Waals surface area contributed by atoms with Gasteiger partial charge in [-0.2, -0.15) is 0 Å². The molecule has 0 radical (unpaired) electrons. The second kappa shape index (κ2) is 6.18. The third kappa shape index (κ3) is 4.30. The molecule has 21 heavy (non-hydrogen) atoms. The van der Waals surface area contributed by atoms with Crippen LogP contribution in [-0.4, -0.2) is 34.3 Å². The molecule has 1 aromatic rings. The molecule has 1 fully saturated rings. The van der Waals surface area contributed by atoms with Crippen LogP contribution in [0.15, 0.2) is 0 Å². The number of anilines is 2. The van der Waals surface area contributed by atoms with E-state index in [9.17, 15) is 5.11 Å². The molecule has 0 spiro atoms. The Balaban J connectivity index is 2.13. The fraction of sp³-hybridized carbons (Fsp3) is 0.750. The van der Waals surface area contributed by atoms with E-state index in [1.807, 2.05) is 20.9 Å². The Labute approximate surface area is 127 Å². The molecule has 118 valence electrons. The van der Waals surface area contributed by atoms with Crippen molar-refractivity contribution in [2.24, 2.45) is 5.92 Å². The predicted octanol–water partition coefficient (Wildman–Crippen LogP) is 2.91. The Bertz CT molecular complexity index is 495. The molecule has 1 heterocycles. The van der Waals surface area contributed by atoms with Crippen LogP contribution in [-0.2, 0) is 0 Å². The number of hydrogen-bond acceptors (Lipinski definition) is 5. The van der Waals surface area contributed by atoms with Crippen LogP contribution in [0.5, 0.6) is 0 Å². The number of hydrogen-bond donors (Lipinski definition) is 3. The van der Waals surface area contributed by atoms with E-state index in [0.29, 0.717) is 18.4 Å². The van der Waals surface area contributed by atoms with E-state index in [1.165, 1.54) is 12.8 Å². The molecule has 5 nitrogen and oxygen atoms in total. The Morgan fingerprint density at radius 2 is 1.90 bits per heavy atom. The molecule has 1 unspecified atom stereocenters. The minimum atomic E-state index is -0.731. The van der Waals surface area contributed by atoms with Crippen LogP contribution in [0.25, 0.3) is 0 Å². The largest absolute Gasteiger partial charge is 0.388 e. The summed E-state index contributed by atoms with van der Waals surface area (Å²) in [6.07, 6.45) is 3.12. The van der Waals surface area contributed by atoms with Crippen LogP contribution in [0.2, 0.25) is 0 Å². The second-order valence-electron chi connectivity index (χ2n) is 6.88. The molecule has 1 saturated carbocycles. The quantitative estimate of drug-likeness (QED) is 0.721. The van der Waals surface area contributed by atoms with Crippen LogP contribution in [0.4, 0.5) is 11.6 Å². The molecule has 1 atom stereocenters. The predicted molar refractivity (Wildman–Crippen MR) is 86.9 cm³/mol. The van der Waals surface area contributed by atoms with E-state index in [-0.39, 0.29) is 0 Å². The summed E-state index contributed by atoms with van der Waals surface area (Å²) in [6, 6.07) is 0. The lowest BCUT2D eigenvalue weighted by atomic mass is 9.94. The van der Waals surface area contributed by atoms with Crippen molar-refractivity contribution in [3.63, 3.8) is 0 Å². The lowest BCUT2D eigenvalue weighted by Gasteiger charge is -2.26. The lowest BCUT2D eigenvalue weighted by Crippen LogP contribution is -2.35. The number of rotatable bonds is 7. The Morgan fingerprint density at radius 3 is 2.43 bits per heavy atom. The van der Waals surface area contributed by atoms with Gasteiger partial charge in [0.05, 0.1) is 5.60 Å². The molecule has 0 aliphatic heterocycles. The van der Waals surface area contributed by atoms with Gasteiger partial charge in [0, 0.05) is 25.1 Å². The van der Waals surface area contributed by atoms with Crippen LogP contribution < -0.4 is 10.6 Å². The minimum Gasteiger partial charge on any atom is -0.388 e. The van der Waals surface area contributed by atoms with Crippen molar-refractivity contribution in [3.05, 3.63) is 11.4 Å². The molecule has 1 aliphatic rings. The SMILES string of the molecule is CNc1nc(C2CC2)nc(NCC(C)(O)CC(C)C)c1C. The molecule has 0 aromatic carbocycles. The summed E-state index contributed by atoms with van der Waals surface area (Å²) in [6.45, 7) is 8.61. The van der Waals surface area contributed by atoms with Gasteiger partial charge in [0.2, 0.25) is 0 Å². The number of aromatic nitrogens is 2. The zero-order valence-corrected chi connectivity index (χ0v) is 13.8. The molecule has 3 N–H and O–H groups in total. The van der Waals surface area contributed by atoms with E-state index in [1.54, 1.807) is 0 Å². The smallest absolute Gasteiger partial charge is 0.136 e. The van der Waals surface area contributed by atoms with Gasteiger partial charge in [-0.15, -0.1) is 0 Å². The first-order chi connectivity index (χ1) is 9.82. The first-order valence-electron chi connectivity index (χ1n) is 7.85. The summed E-state index contributed by atoms with van der Waals surface area (Å²) in [7, 11) is 1.88. The van der Waals surface area contributed by atoms with E-state index in [4.69, 9.17) is 0 Å². The van der Waals surface area contributed by atoms with Crippen molar-refractivity contribution < 1.29 is 5.11 Å². The van der Waals surface area contributed by atoms with Crippen molar-refractivity contribution in [2.75, 3.05) is 24.2 Å². The minimum absolute atomic E-state index is 0.461. The van der Waals surface area contributed by atoms with Gasteiger partial charge in [0.25, 0.3) is 0 Å². The van der Waals surface area contributed by atoms with Crippen LogP contribution >= 0.6 is 0 Å². The molecular formula is C16H28N4O. The Kier molecular flexibility index (Phi) is 4.71. The van der Waals surface area contributed by atoms with Crippen LogP contribution in [0, 0.1) is 12.8 Å². The highest BCUT2D eigenvalue weighted by molar-refractivity contribution is 5.57. The van der Waals surface area contributed by atoms with Crippen molar-refractivity contribution in [3.8, 4) is 0 Å². The van der Waals surface area contributed by atoms with E-state index >= 15 is 0 Å². The van der Waals surface area contributed by atoms with Gasteiger partial charge in [-0.1, -0.05) is 13.8 Å². The average molecular weight is 292 g/mol. The van der Waals surface area contributed by atoms with Crippen LogP contribution in [0.3, 0.4) is 0 Å². The molecule has 1 aliphatic carbocycles. The van der Waals surface area contributed by atoms with Gasteiger partial charge < -0.3 is 15.7 Å².